The van der Waals surface area contributed by atoms with Crippen LogP contribution < -0.4 is 0 Å². The molecule has 2 rings (SSSR count). The number of hydrogen-bond acceptors (Lipinski definition) is 1. The molecule has 10 heteroatoms. The number of halogens is 9. The summed E-state index contributed by atoms with van der Waals surface area (Å²) in [6.45, 7) is 2.46. The van der Waals surface area contributed by atoms with E-state index in [1.807, 2.05) is 6.92 Å². The average molecular weight is 408 g/mol. The van der Waals surface area contributed by atoms with E-state index in [2.05, 4.69) is 0 Å². The number of hydrogen-bond donors (Lipinski definition) is 1. The van der Waals surface area contributed by atoms with Gasteiger partial charge in [0.25, 0.3) is 5.67 Å². The van der Waals surface area contributed by atoms with Gasteiger partial charge in [0.2, 0.25) is 0 Å². The smallest absolute Gasteiger partial charge is 0.381 e. The maximum absolute atomic E-state index is 14.6. The molecule has 1 aromatic carbocycles. The van der Waals surface area contributed by atoms with Crippen LogP contribution in [0.1, 0.15) is 37.8 Å². The zero-order valence-corrected chi connectivity index (χ0v) is 14.3. The standard InChI is InChI=1S/C17H17F9O/c1-3-4-10-5-7-11(8-6-10)12(2,27)9-13(18)14(19,20)16(23,24)17(25,26)15(13,21)22/h5-8,27H,3-4,9H2,1-2H3. The van der Waals surface area contributed by atoms with Gasteiger partial charge in [-0.05, 0) is 24.5 Å². The van der Waals surface area contributed by atoms with Gasteiger partial charge in [0.15, 0.2) is 0 Å². The van der Waals surface area contributed by atoms with Crippen LogP contribution in [-0.2, 0) is 12.0 Å². The lowest BCUT2D eigenvalue weighted by atomic mass is 9.80. The zero-order chi connectivity index (χ0) is 21.1. The third kappa shape index (κ3) is 2.66. The molecule has 1 aliphatic carbocycles. The van der Waals surface area contributed by atoms with Crippen molar-refractivity contribution in [3.63, 3.8) is 0 Å². The molecule has 1 saturated carbocycles. The molecule has 0 aromatic heterocycles. The molecule has 0 heterocycles. The second-order valence-corrected chi connectivity index (χ2v) is 7.00. The number of benzene rings is 1. The Morgan fingerprint density at radius 2 is 1.19 bits per heavy atom. The van der Waals surface area contributed by atoms with Crippen molar-refractivity contribution in [2.24, 2.45) is 0 Å². The molecule has 1 atom stereocenters. The Kier molecular flexibility index (Phi) is 4.87. The van der Waals surface area contributed by atoms with E-state index < -0.39 is 41.4 Å². The number of alkyl halides is 9. The molecule has 1 N–H and O–H groups in total. The highest BCUT2D eigenvalue weighted by Gasteiger charge is 3.00. The monoisotopic (exact) mass is 408 g/mol. The van der Waals surface area contributed by atoms with E-state index in [9.17, 15) is 44.6 Å². The molecule has 1 nitrogen and oxygen atoms in total. The zero-order valence-electron chi connectivity index (χ0n) is 14.3. The first-order valence-electron chi connectivity index (χ1n) is 8.01. The summed E-state index contributed by atoms with van der Waals surface area (Å²) in [4.78, 5) is 0. The van der Waals surface area contributed by atoms with Crippen LogP contribution in [0.2, 0.25) is 0 Å². The van der Waals surface area contributed by atoms with Crippen molar-refractivity contribution in [3.8, 4) is 0 Å². The topological polar surface area (TPSA) is 20.2 Å². The summed E-state index contributed by atoms with van der Waals surface area (Å²) < 4.78 is 123. The van der Waals surface area contributed by atoms with Gasteiger partial charge in [0.1, 0.15) is 0 Å². The van der Waals surface area contributed by atoms with Gasteiger partial charge in [-0.2, -0.15) is 35.1 Å². The van der Waals surface area contributed by atoms with Gasteiger partial charge in [-0.25, -0.2) is 4.39 Å². The first kappa shape index (κ1) is 21.8. The van der Waals surface area contributed by atoms with Crippen molar-refractivity contribution >= 4 is 0 Å². The molecule has 1 fully saturated rings. The van der Waals surface area contributed by atoms with Crippen LogP contribution in [0.3, 0.4) is 0 Å². The van der Waals surface area contributed by atoms with Crippen LogP contribution in [0, 0.1) is 0 Å². The maximum Gasteiger partial charge on any atom is 0.381 e. The molecular formula is C17H17F9O. The van der Waals surface area contributed by atoms with Crippen molar-refractivity contribution in [2.45, 2.75) is 68.1 Å². The van der Waals surface area contributed by atoms with E-state index >= 15 is 0 Å². The summed E-state index contributed by atoms with van der Waals surface area (Å²) in [6.07, 6.45) is -1.05. The molecule has 0 bridgehead atoms. The third-order valence-electron chi connectivity index (χ3n) is 4.88. The molecular weight excluding hydrogens is 391 g/mol. The number of rotatable bonds is 5. The van der Waals surface area contributed by atoms with Crippen LogP contribution in [0.5, 0.6) is 0 Å². The minimum absolute atomic E-state index is 0.357. The molecule has 1 aliphatic rings. The Hall–Kier alpha value is -1.45. The first-order chi connectivity index (χ1) is 12.0. The second kappa shape index (κ2) is 6.02. The number of aryl methyl sites for hydroxylation is 1. The van der Waals surface area contributed by atoms with Crippen LogP contribution >= 0.6 is 0 Å². The predicted octanol–water partition coefficient (Wildman–Crippen LogP) is 5.50. The Bertz CT molecular complexity index is 669. The second-order valence-electron chi connectivity index (χ2n) is 7.00. The Morgan fingerprint density at radius 1 is 0.778 bits per heavy atom. The molecule has 154 valence electrons. The summed E-state index contributed by atoms with van der Waals surface area (Å²) in [6, 6.07) is 5.00. The minimum atomic E-state index is -6.64. The largest absolute Gasteiger partial charge is 0.385 e. The molecule has 0 amide bonds. The van der Waals surface area contributed by atoms with Crippen molar-refractivity contribution in [3.05, 3.63) is 35.4 Å². The highest BCUT2D eigenvalue weighted by molar-refractivity contribution is 5.32. The fourth-order valence-electron chi connectivity index (χ4n) is 3.21. The molecule has 0 aliphatic heterocycles. The average Bonchev–Trinajstić information content (AvgIpc) is 2.58. The molecule has 27 heavy (non-hydrogen) atoms. The SMILES string of the molecule is CCCc1ccc(C(C)(O)CC2(F)C(F)(F)C(F)(F)C(F)(F)C2(F)F)cc1. The van der Waals surface area contributed by atoms with Gasteiger partial charge in [-0.1, -0.05) is 37.6 Å². The molecule has 1 aromatic rings. The summed E-state index contributed by atoms with van der Waals surface area (Å²) in [5, 5.41) is 10.2. The lowest BCUT2D eigenvalue weighted by Crippen LogP contribution is -2.57. The van der Waals surface area contributed by atoms with Gasteiger partial charge in [-0.3, -0.25) is 0 Å². The molecule has 0 radical (unpaired) electrons. The van der Waals surface area contributed by atoms with Gasteiger partial charge < -0.3 is 5.11 Å². The fraction of sp³-hybridized carbons (Fsp3) is 0.647. The predicted molar refractivity (Wildman–Crippen MR) is 78.3 cm³/mol. The Balaban J connectivity index is 2.49. The Labute approximate surface area is 149 Å². The van der Waals surface area contributed by atoms with E-state index in [-0.39, 0.29) is 5.56 Å². The van der Waals surface area contributed by atoms with E-state index in [0.717, 1.165) is 24.1 Å². The van der Waals surface area contributed by atoms with Crippen LogP contribution in [0.15, 0.2) is 24.3 Å². The quantitative estimate of drug-likeness (QED) is 0.638. The summed E-state index contributed by atoms with van der Waals surface area (Å²) in [7, 11) is 0. The van der Waals surface area contributed by atoms with Gasteiger partial charge in [0.05, 0.1) is 5.60 Å². The van der Waals surface area contributed by atoms with E-state index in [0.29, 0.717) is 13.3 Å². The minimum Gasteiger partial charge on any atom is -0.385 e. The summed E-state index contributed by atoms with van der Waals surface area (Å²) >= 11 is 0. The van der Waals surface area contributed by atoms with Crippen molar-refractivity contribution < 1.29 is 44.6 Å². The Morgan fingerprint density at radius 3 is 1.56 bits per heavy atom. The van der Waals surface area contributed by atoms with Crippen LogP contribution in [-0.4, -0.2) is 34.5 Å². The third-order valence-corrected chi connectivity index (χ3v) is 4.88. The maximum atomic E-state index is 14.6. The van der Waals surface area contributed by atoms with Crippen LogP contribution in [0.25, 0.3) is 0 Å². The fourth-order valence-corrected chi connectivity index (χ4v) is 3.21. The van der Waals surface area contributed by atoms with E-state index in [4.69, 9.17) is 0 Å². The highest BCUT2D eigenvalue weighted by atomic mass is 19.4. The molecule has 1 unspecified atom stereocenters. The summed E-state index contributed by atoms with van der Waals surface area (Å²) in [5.74, 6) is -26.1. The van der Waals surface area contributed by atoms with Gasteiger partial charge in [-0.15, -0.1) is 0 Å². The highest BCUT2D eigenvalue weighted by Crippen LogP contribution is 2.70. The lowest BCUT2D eigenvalue weighted by molar-refractivity contribution is -0.303. The molecule has 0 spiro atoms. The first-order valence-corrected chi connectivity index (χ1v) is 8.01. The number of aliphatic hydroxyl groups is 1. The van der Waals surface area contributed by atoms with Crippen LogP contribution in [0.4, 0.5) is 39.5 Å². The lowest BCUT2D eigenvalue weighted by Gasteiger charge is -2.37. The van der Waals surface area contributed by atoms with Crippen molar-refractivity contribution in [1.29, 1.82) is 0 Å². The van der Waals surface area contributed by atoms with Crippen molar-refractivity contribution in [1.82, 2.24) is 0 Å². The van der Waals surface area contributed by atoms with E-state index in [1.54, 1.807) is 0 Å². The van der Waals surface area contributed by atoms with Gasteiger partial charge >= 0.3 is 23.7 Å². The van der Waals surface area contributed by atoms with Gasteiger partial charge in [0, 0.05) is 6.42 Å². The normalized spacial score (nSPS) is 26.5. The van der Waals surface area contributed by atoms with Crippen molar-refractivity contribution in [2.75, 3.05) is 0 Å². The molecule has 0 saturated heterocycles. The summed E-state index contributed by atoms with van der Waals surface area (Å²) in [5.41, 5.74) is -8.16. The van der Waals surface area contributed by atoms with E-state index in [1.165, 1.54) is 12.1 Å².